The fourth-order valence-electron chi connectivity index (χ4n) is 1.73. The maximum absolute atomic E-state index is 13.5. The lowest BCUT2D eigenvalue weighted by molar-refractivity contribution is -0.114. The van der Waals surface area contributed by atoms with Crippen molar-refractivity contribution in [3.05, 3.63) is 58.9 Å². The molecule has 2 amide bonds. The summed E-state index contributed by atoms with van der Waals surface area (Å²) in [6.07, 6.45) is 0. The molecule has 0 aliphatic rings. The zero-order chi connectivity index (χ0) is 15.4. The van der Waals surface area contributed by atoms with Crippen molar-refractivity contribution in [3.8, 4) is 0 Å². The Bertz CT molecular complexity index is 704. The van der Waals surface area contributed by atoms with Gasteiger partial charge in [-0.25, -0.2) is 4.39 Å². The van der Waals surface area contributed by atoms with Gasteiger partial charge in [0.05, 0.1) is 16.3 Å². The van der Waals surface area contributed by atoms with E-state index in [9.17, 15) is 14.0 Å². The number of amides is 2. The van der Waals surface area contributed by atoms with Crippen LogP contribution in [-0.2, 0) is 4.79 Å². The number of carbonyl (C=O) groups excluding carboxylic acids is 2. The van der Waals surface area contributed by atoms with Crippen molar-refractivity contribution in [1.82, 2.24) is 0 Å². The van der Waals surface area contributed by atoms with E-state index in [2.05, 4.69) is 10.6 Å². The summed E-state index contributed by atoms with van der Waals surface area (Å²) in [4.78, 5) is 23.0. The van der Waals surface area contributed by atoms with E-state index < -0.39 is 11.7 Å². The Morgan fingerprint density at radius 3 is 2.48 bits per heavy atom. The summed E-state index contributed by atoms with van der Waals surface area (Å²) in [5.74, 6) is -1.47. The van der Waals surface area contributed by atoms with Crippen LogP contribution in [0.5, 0.6) is 0 Å². The summed E-state index contributed by atoms with van der Waals surface area (Å²) in [5.41, 5.74) is 0.709. The molecule has 2 rings (SSSR count). The highest BCUT2D eigenvalue weighted by Crippen LogP contribution is 2.26. The number of benzene rings is 2. The molecule has 0 atom stereocenters. The molecule has 0 aliphatic carbocycles. The molecule has 4 nitrogen and oxygen atoms in total. The number of hydrogen-bond acceptors (Lipinski definition) is 2. The van der Waals surface area contributed by atoms with Gasteiger partial charge in [0.1, 0.15) is 5.82 Å². The monoisotopic (exact) mass is 306 g/mol. The number of anilines is 2. The van der Waals surface area contributed by atoms with Gasteiger partial charge in [0.15, 0.2) is 0 Å². The van der Waals surface area contributed by atoms with E-state index in [1.54, 1.807) is 12.1 Å². The van der Waals surface area contributed by atoms with Gasteiger partial charge >= 0.3 is 0 Å². The molecule has 0 radical (unpaired) electrons. The second-order valence-electron chi connectivity index (χ2n) is 4.31. The second kappa shape index (κ2) is 6.37. The number of rotatable bonds is 3. The Kier molecular flexibility index (Phi) is 4.55. The van der Waals surface area contributed by atoms with E-state index in [1.165, 1.54) is 37.3 Å². The summed E-state index contributed by atoms with van der Waals surface area (Å²) in [7, 11) is 0. The van der Waals surface area contributed by atoms with Crippen molar-refractivity contribution in [2.75, 3.05) is 10.6 Å². The van der Waals surface area contributed by atoms with Crippen LogP contribution in [0.25, 0.3) is 0 Å². The molecule has 2 aromatic rings. The average molecular weight is 307 g/mol. The summed E-state index contributed by atoms with van der Waals surface area (Å²) in [6.45, 7) is 1.35. The predicted molar refractivity (Wildman–Crippen MR) is 80.1 cm³/mol. The number of carbonyl (C=O) groups is 2. The molecule has 0 saturated heterocycles. The smallest absolute Gasteiger partial charge is 0.258 e. The van der Waals surface area contributed by atoms with E-state index in [-0.39, 0.29) is 11.5 Å². The highest BCUT2D eigenvalue weighted by Gasteiger charge is 2.12. The van der Waals surface area contributed by atoms with Crippen molar-refractivity contribution in [1.29, 1.82) is 0 Å². The largest absolute Gasteiger partial charge is 0.325 e. The second-order valence-corrected chi connectivity index (χ2v) is 4.72. The van der Waals surface area contributed by atoms with E-state index in [4.69, 9.17) is 11.6 Å². The summed E-state index contributed by atoms with van der Waals surface area (Å²) in [6, 6.07) is 10.3. The quantitative estimate of drug-likeness (QED) is 0.908. The van der Waals surface area contributed by atoms with E-state index in [0.29, 0.717) is 16.4 Å². The molecule has 0 heterocycles. The highest BCUT2D eigenvalue weighted by atomic mass is 35.5. The lowest BCUT2D eigenvalue weighted by Crippen LogP contribution is -2.14. The summed E-state index contributed by atoms with van der Waals surface area (Å²) < 4.78 is 13.5. The van der Waals surface area contributed by atoms with Gasteiger partial charge in [0.2, 0.25) is 5.91 Å². The SMILES string of the molecule is CC(=O)Nc1cc(NC(=O)c2ccccc2F)ccc1Cl. The summed E-state index contributed by atoms with van der Waals surface area (Å²) in [5, 5.41) is 5.43. The van der Waals surface area contributed by atoms with Crippen molar-refractivity contribution >= 4 is 34.8 Å². The lowest BCUT2D eigenvalue weighted by Gasteiger charge is -2.10. The fourth-order valence-corrected chi connectivity index (χ4v) is 1.90. The summed E-state index contributed by atoms with van der Waals surface area (Å²) >= 11 is 5.93. The van der Waals surface area contributed by atoms with Gasteiger partial charge < -0.3 is 10.6 Å². The Balaban J connectivity index is 2.22. The maximum Gasteiger partial charge on any atom is 0.258 e. The van der Waals surface area contributed by atoms with Crippen molar-refractivity contribution in [3.63, 3.8) is 0 Å². The van der Waals surface area contributed by atoms with Gasteiger partial charge in [-0.1, -0.05) is 23.7 Å². The van der Waals surface area contributed by atoms with E-state index >= 15 is 0 Å². The molecular weight excluding hydrogens is 295 g/mol. The van der Waals surface area contributed by atoms with Crippen LogP contribution in [0.4, 0.5) is 15.8 Å². The van der Waals surface area contributed by atoms with Crippen LogP contribution >= 0.6 is 11.6 Å². The Morgan fingerprint density at radius 2 is 1.81 bits per heavy atom. The maximum atomic E-state index is 13.5. The lowest BCUT2D eigenvalue weighted by atomic mass is 10.2. The minimum atomic E-state index is -0.606. The average Bonchev–Trinajstić information content (AvgIpc) is 2.42. The molecule has 0 fully saturated rings. The first kappa shape index (κ1) is 15.0. The van der Waals surface area contributed by atoms with Gasteiger partial charge in [0, 0.05) is 12.6 Å². The minimum Gasteiger partial charge on any atom is -0.325 e. The molecule has 0 unspecified atom stereocenters. The highest BCUT2D eigenvalue weighted by molar-refractivity contribution is 6.33. The normalized spacial score (nSPS) is 10.0. The van der Waals surface area contributed by atoms with Gasteiger partial charge in [-0.05, 0) is 30.3 Å². The van der Waals surface area contributed by atoms with Gasteiger partial charge in [-0.3, -0.25) is 9.59 Å². The standard InChI is InChI=1S/C15H12ClFN2O2/c1-9(20)18-14-8-10(6-7-12(14)16)19-15(21)11-4-2-3-5-13(11)17/h2-8H,1H3,(H,18,20)(H,19,21). The molecule has 21 heavy (non-hydrogen) atoms. The first-order valence-corrected chi connectivity index (χ1v) is 6.48. The molecule has 0 aliphatic heterocycles. The van der Waals surface area contributed by atoms with Crippen LogP contribution in [0, 0.1) is 5.82 Å². The van der Waals surface area contributed by atoms with Gasteiger partial charge in [-0.2, -0.15) is 0 Å². The van der Waals surface area contributed by atoms with Crippen LogP contribution in [-0.4, -0.2) is 11.8 Å². The minimum absolute atomic E-state index is 0.0615. The molecule has 0 saturated carbocycles. The van der Waals surface area contributed by atoms with Crippen LogP contribution in [0.3, 0.4) is 0 Å². The van der Waals surface area contributed by atoms with Crippen molar-refractivity contribution in [2.45, 2.75) is 6.92 Å². The third-order valence-electron chi connectivity index (χ3n) is 2.65. The molecule has 108 valence electrons. The molecule has 0 bridgehead atoms. The van der Waals surface area contributed by atoms with E-state index in [0.717, 1.165) is 0 Å². The first-order valence-electron chi connectivity index (χ1n) is 6.10. The van der Waals surface area contributed by atoms with Crippen LogP contribution in [0.15, 0.2) is 42.5 Å². The number of nitrogens with one attached hydrogen (secondary N) is 2. The molecule has 0 spiro atoms. The van der Waals surface area contributed by atoms with Crippen LogP contribution < -0.4 is 10.6 Å². The topological polar surface area (TPSA) is 58.2 Å². The fraction of sp³-hybridized carbons (Fsp3) is 0.0667. The van der Waals surface area contributed by atoms with Crippen molar-refractivity contribution < 1.29 is 14.0 Å². The molecule has 2 aromatic carbocycles. The van der Waals surface area contributed by atoms with Crippen molar-refractivity contribution in [2.24, 2.45) is 0 Å². The van der Waals surface area contributed by atoms with Crippen LogP contribution in [0.2, 0.25) is 5.02 Å². The Hall–Kier alpha value is -2.40. The molecule has 6 heteroatoms. The van der Waals surface area contributed by atoms with Gasteiger partial charge in [0.25, 0.3) is 5.91 Å². The number of hydrogen-bond donors (Lipinski definition) is 2. The van der Waals surface area contributed by atoms with E-state index in [1.807, 2.05) is 0 Å². The molecule has 0 aromatic heterocycles. The predicted octanol–water partition coefficient (Wildman–Crippen LogP) is 3.69. The zero-order valence-corrected chi connectivity index (χ0v) is 11.9. The third-order valence-corrected chi connectivity index (χ3v) is 2.98. The molecule has 2 N–H and O–H groups in total. The Labute approximate surface area is 125 Å². The van der Waals surface area contributed by atoms with Gasteiger partial charge in [-0.15, -0.1) is 0 Å². The zero-order valence-electron chi connectivity index (χ0n) is 11.1. The first-order chi connectivity index (χ1) is 9.97. The third kappa shape index (κ3) is 3.79. The number of halogens is 2. The Morgan fingerprint density at radius 1 is 1.10 bits per heavy atom. The molecular formula is C15H12ClFN2O2. The van der Waals surface area contributed by atoms with Crippen LogP contribution in [0.1, 0.15) is 17.3 Å².